The smallest absolute Gasteiger partial charge is 0.247 e. The number of nitrogens with zero attached hydrogens (tertiary/aromatic N) is 4. The van der Waals surface area contributed by atoms with Gasteiger partial charge in [-0.2, -0.15) is 5.10 Å². The Kier molecular flexibility index (Phi) is 4.46. The van der Waals surface area contributed by atoms with Crippen LogP contribution in [-0.4, -0.2) is 34.4 Å². The molecule has 0 aliphatic heterocycles. The number of hydrogen-bond donors (Lipinski definition) is 0. The average Bonchev–Trinajstić information content (AvgIpc) is 3.12. The van der Waals surface area contributed by atoms with E-state index < -0.39 is 9.84 Å². The Morgan fingerprint density at radius 1 is 1.25 bits per heavy atom. The third kappa shape index (κ3) is 3.35. The lowest BCUT2D eigenvalue weighted by molar-refractivity contribution is 0.534. The maximum atomic E-state index is 11.7. The van der Waals surface area contributed by atoms with Crippen LogP contribution in [0.15, 0.2) is 35.7 Å². The molecule has 0 bridgehead atoms. The van der Waals surface area contributed by atoms with Gasteiger partial charge < -0.3 is 0 Å². The highest BCUT2D eigenvalue weighted by molar-refractivity contribution is 7.90. The van der Waals surface area contributed by atoms with Crippen molar-refractivity contribution in [3.05, 3.63) is 34.9 Å². The van der Waals surface area contributed by atoms with Crippen molar-refractivity contribution in [1.29, 1.82) is 0 Å². The topological polar surface area (TPSA) is 77.7 Å². The normalized spacial score (nSPS) is 12.0. The van der Waals surface area contributed by atoms with Gasteiger partial charge in [-0.25, -0.2) is 18.4 Å². The predicted octanol–water partition coefficient (Wildman–Crippen LogP) is 3.71. The van der Waals surface area contributed by atoms with Crippen LogP contribution in [0.4, 0.5) is 0 Å². The van der Waals surface area contributed by atoms with Crippen LogP contribution in [0.25, 0.3) is 21.8 Å². The molecule has 3 rings (SSSR count). The molecule has 0 amide bonds. The van der Waals surface area contributed by atoms with Crippen molar-refractivity contribution in [3.8, 4) is 21.8 Å². The SMILES string of the molecule is CC(C)n1cc(-c2ccnc(S(C)(=O)=O)n2)c(-c2ccc(Cl)s2)n1. The second kappa shape index (κ2) is 6.27. The van der Waals surface area contributed by atoms with Crippen LogP contribution < -0.4 is 0 Å². The van der Waals surface area contributed by atoms with Crippen LogP contribution >= 0.6 is 22.9 Å². The monoisotopic (exact) mass is 382 g/mol. The Hall–Kier alpha value is -1.77. The maximum Gasteiger partial charge on any atom is 0.247 e. The zero-order valence-electron chi connectivity index (χ0n) is 13.3. The second-order valence-corrected chi connectivity index (χ2v) is 9.19. The number of sulfone groups is 1. The first kappa shape index (κ1) is 17.1. The quantitative estimate of drug-likeness (QED) is 0.643. The van der Waals surface area contributed by atoms with Gasteiger partial charge in [0.2, 0.25) is 15.0 Å². The van der Waals surface area contributed by atoms with Crippen molar-refractivity contribution in [1.82, 2.24) is 19.7 Å². The lowest BCUT2D eigenvalue weighted by atomic mass is 10.1. The summed E-state index contributed by atoms with van der Waals surface area (Å²) in [7, 11) is -3.48. The van der Waals surface area contributed by atoms with Crippen molar-refractivity contribution < 1.29 is 8.42 Å². The van der Waals surface area contributed by atoms with E-state index in [0.29, 0.717) is 10.0 Å². The zero-order valence-corrected chi connectivity index (χ0v) is 15.7. The van der Waals surface area contributed by atoms with Crippen molar-refractivity contribution in [2.45, 2.75) is 25.0 Å². The standard InChI is InChI=1S/C15H15ClN4O2S2/c1-9(2)20-8-10(14(19-20)12-4-5-13(16)23-12)11-6-7-17-15(18-11)24(3,21)22/h4-9H,1-3H3. The molecule has 0 aromatic carbocycles. The minimum Gasteiger partial charge on any atom is -0.269 e. The van der Waals surface area contributed by atoms with Gasteiger partial charge in [-0.3, -0.25) is 4.68 Å². The highest BCUT2D eigenvalue weighted by Crippen LogP contribution is 2.36. The van der Waals surface area contributed by atoms with Gasteiger partial charge in [-0.15, -0.1) is 11.3 Å². The molecular formula is C15H15ClN4O2S2. The van der Waals surface area contributed by atoms with E-state index in [1.165, 1.54) is 17.5 Å². The van der Waals surface area contributed by atoms with Crippen LogP contribution in [-0.2, 0) is 9.84 Å². The lowest BCUT2D eigenvalue weighted by Crippen LogP contribution is -2.04. The van der Waals surface area contributed by atoms with E-state index in [4.69, 9.17) is 11.6 Å². The van der Waals surface area contributed by atoms with Crippen molar-refractivity contribution in [2.24, 2.45) is 0 Å². The van der Waals surface area contributed by atoms with Gasteiger partial charge in [-0.05, 0) is 32.0 Å². The summed E-state index contributed by atoms with van der Waals surface area (Å²) in [6, 6.07) is 5.53. The van der Waals surface area contributed by atoms with Crippen LogP contribution in [0, 0.1) is 0 Å². The average molecular weight is 383 g/mol. The Bertz CT molecular complexity index is 993. The minimum absolute atomic E-state index is 0.157. The molecule has 0 atom stereocenters. The van der Waals surface area contributed by atoms with Gasteiger partial charge >= 0.3 is 0 Å². The zero-order chi connectivity index (χ0) is 17.5. The molecule has 0 unspecified atom stereocenters. The summed E-state index contributed by atoms with van der Waals surface area (Å²) >= 11 is 7.45. The molecule has 0 aliphatic carbocycles. The van der Waals surface area contributed by atoms with Gasteiger partial charge in [0.05, 0.1) is 14.9 Å². The van der Waals surface area contributed by atoms with Gasteiger partial charge in [0, 0.05) is 30.3 Å². The van der Waals surface area contributed by atoms with Crippen molar-refractivity contribution in [2.75, 3.05) is 6.26 Å². The van der Waals surface area contributed by atoms with Gasteiger partial charge in [0.25, 0.3) is 0 Å². The Morgan fingerprint density at radius 3 is 2.58 bits per heavy atom. The Morgan fingerprint density at radius 2 is 2.00 bits per heavy atom. The number of aromatic nitrogens is 4. The predicted molar refractivity (Wildman–Crippen MR) is 95.1 cm³/mol. The summed E-state index contributed by atoms with van der Waals surface area (Å²) in [6.45, 7) is 4.04. The van der Waals surface area contributed by atoms with E-state index in [2.05, 4.69) is 15.1 Å². The van der Waals surface area contributed by atoms with Gasteiger partial charge in [0.1, 0.15) is 5.69 Å². The Labute approximate surface area is 149 Å². The molecule has 3 aromatic rings. The van der Waals surface area contributed by atoms with Crippen LogP contribution in [0.5, 0.6) is 0 Å². The molecule has 3 aromatic heterocycles. The minimum atomic E-state index is -3.48. The largest absolute Gasteiger partial charge is 0.269 e. The first-order valence-corrected chi connectivity index (χ1v) is 10.2. The van der Waals surface area contributed by atoms with E-state index in [-0.39, 0.29) is 11.2 Å². The highest BCUT2D eigenvalue weighted by atomic mass is 35.5. The molecular weight excluding hydrogens is 368 g/mol. The van der Waals surface area contributed by atoms with Crippen LogP contribution in [0.1, 0.15) is 19.9 Å². The number of rotatable bonds is 4. The molecule has 9 heteroatoms. The summed E-state index contributed by atoms with van der Waals surface area (Å²) in [5.41, 5.74) is 1.98. The molecule has 0 aliphatic rings. The number of thiophene rings is 1. The fraction of sp³-hybridized carbons (Fsp3) is 0.267. The molecule has 126 valence electrons. The lowest BCUT2D eigenvalue weighted by Gasteiger charge is -2.03. The third-order valence-electron chi connectivity index (χ3n) is 3.31. The summed E-state index contributed by atoms with van der Waals surface area (Å²) in [5, 5.41) is 4.42. The van der Waals surface area contributed by atoms with E-state index in [9.17, 15) is 8.42 Å². The first-order chi connectivity index (χ1) is 11.3. The number of halogens is 1. The molecule has 0 saturated carbocycles. The molecule has 6 nitrogen and oxygen atoms in total. The second-order valence-electron chi connectivity index (χ2n) is 5.57. The first-order valence-electron chi connectivity index (χ1n) is 7.14. The van der Waals surface area contributed by atoms with Crippen LogP contribution in [0.2, 0.25) is 4.34 Å². The fourth-order valence-corrected chi connectivity index (χ4v) is 3.70. The van der Waals surface area contributed by atoms with E-state index >= 15 is 0 Å². The molecule has 0 radical (unpaired) electrons. The molecule has 0 fully saturated rings. The summed E-state index contributed by atoms with van der Waals surface area (Å²) in [6.07, 6.45) is 4.39. The molecule has 0 saturated heterocycles. The molecule has 0 spiro atoms. The number of hydrogen-bond acceptors (Lipinski definition) is 6. The summed E-state index contributed by atoms with van der Waals surface area (Å²) < 4.78 is 25.9. The third-order valence-corrected chi connectivity index (χ3v) is 5.41. The molecule has 24 heavy (non-hydrogen) atoms. The summed E-state index contributed by atoms with van der Waals surface area (Å²) in [4.78, 5) is 8.94. The van der Waals surface area contributed by atoms with Crippen LogP contribution in [0.3, 0.4) is 0 Å². The van der Waals surface area contributed by atoms with Gasteiger partial charge in [0.15, 0.2) is 0 Å². The molecule has 0 N–H and O–H groups in total. The van der Waals surface area contributed by atoms with E-state index in [1.807, 2.05) is 36.9 Å². The maximum absolute atomic E-state index is 11.7. The van der Waals surface area contributed by atoms with Crippen molar-refractivity contribution in [3.63, 3.8) is 0 Å². The van der Waals surface area contributed by atoms with Gasteiger partial charge in [-0.1, -0.05) is 11.6 Å². The van der Waals surface area contributed by atoms with E-state index in [0.717, 1.165) is 22.4 Å². The van der Waals surface area contributed by atoms with Crippen molar-refractivity contribution >= 4 is 32.8 Å². The van der Waals surface area contributed by atoms with E-state index in [1.54, 1.807) is 6.07 Å². The Balaban J connectivity index is 2.20. The highest BCUT2D eigenvalue weighted by Gasteiger charge is 2.19. The fourth-order valence-electron chi connectivity index (χ4n) is 2.14. The molecule has 3 heterocycles. The summed E-state index contributed by atoms with van der Waals surface area (Å²) in [5.74, 6) is 0.